The molecule has 1 aliphatic rings. The second kappa shape index (κ2) is 19.3. The highest BCUT2D eigenvalue weighted by Gasteiger charge is 2.33. The van der Waals surface area contributed by atoms with Gasteiger partial charge in [-0.2, -0.15) is 0 Å². The third-order valence-corrected chi connectivity index (χ3v) is 17.5. The van der Waals surface area contributed by atoms with Crippen LogP contribution in [0.5, 0.6) is 0 Å². The van der Waals surface area contributed by atoms with Crippen LogP contribution in [0.2, 0.25) is 0 Å². The fourth-order valence-corrected chi connectivity index (χ4v) is 14.0. The van der Waals surface area contributed by atoms with Crippen LogP contribution in [0.25, 0.3) is 105 Å². The predicted molar refractivity (Wildman–Crippen MR) is 336 cm³/mol. The maximum atomic E-state index is 4.59. The van der Waals surface area contributed by atoms with Crippen LogP contribution in [0, 0.1) is 11.3 Å². The van der Waals surface area contributed by atoms with E-state index in [1.165, 1.54) is 77.1 Å². The summed E-state index contributed by atoms with van der Waals surface area (Å²) in [5.74, 6) is 0.481. The zero-order valence-electron chi connectivity index (χ0n) is 45.4. The van der Waals surface area contributed by atoms with Crippen molar-refractivity contribution in [3.8, 4) is 22.7 Å². The lowest BCUT2D eigenvalue weighted by molar-refractivity contribution is 0.275. The van der Waals surface area contributed by atoms with Gasteiger partial charge in [-0.05, 0) is 168 Å². The van der Waals surface area contributed by atoms with E-state index in [9.17, 15) is 0 Å². The van der Waals surface area contributed by atoms with Gasteiger partial charge in [0.05, 0.1) is 38.6 Å². The molecule has 0 radical (unpaired) electrons. The number of para-hydroxylation sites is 3. The average molecular weight is 1060 g/mol. The number of nitrogens with zero attached hydrogens (tertiary/aromatic N) is 8. The number of rotatable bonds is 12. The van der Waals surface area contributed by atoms with Gasteiger partial charge in [0.2, 0.25) is 0 Å². The minimum atomic E-state index is -0.272. The van der Waals surface area contributed by atoms with Gasteiger partial charge >= 0.3 is 0 Å². The minimum absolute atomic E-state index is 0.272. The van der Waals surface area contributed by atoms with Gasteiger partial charge < -0.3 is 18.3 Å². The van der Waals surface area contributed by atoms with Crippen LogP contribution in [0.15, 0.2) is 250 Å². The first-order valence-corrected chi connectivity index (χ1v) is 28.5. The van der Waals surface area contributed by atoms with Crippen molar-refractivity contribution in [2.45, 2.75) is 39.0 Å². The van der Waals surface area contributed by atoms with Gasteiger partial charge in [-0.15, -0.1) is 0 Å². The molecule has 1 unspecified atom stereocenters. The first-order chi connectivity index (χ1) is 40.5. The number of aromatic nitrogens is 8. The van der Waals surface area contributed by atoms with Gasteiger partial charge in [0, 0.05) is 116 Å². The summed E-state index contributed by atoms with van der Waals surface area (Å²) in [6.45, 7) is 2.30. The lowest BCUT2D eigenvalue weighted by atomic mass is 9.68. The molecular formula is C74H56N8. The lowest BCUT2D eigenvalue weighted by Gasteiger charge is -2.36. The molecule has 8 nitrogen and oxygen atoms in total. The summed E-state index contributed by atoms with van der Waals surface area (Å²) in [6, 6.07) is 72.2. The van der Waals surface area contributed by atoms with Crippen molar-refractivity contribution in [3.05, 3.63) is 283 Å². The molecule has 392 valence electrons. The Hall–Kier alpha value is -10.2. The summed E-state index contributed by atoms with van der Waals surface area (Å²) in [5.41, 5.74) is 20.3. The number of pyridine rings is 4. The van der Waals surface area contributed by atoms with Crippen molar-refractivity contribution >= 4 is 82.4 Å². The maximum Gasteiger partial charge on any atom is 0.0571 e. The van der Waals surface area contributed by atoms with E-state index in [2.05, 4.69) is 251 Å². The average Bonchev–Trinajstić information content (AvgIpc) is 4.46. The number of fused-ring (bicyclic) bond motifs is 12. The SMILES string of the molecule is CC1C=Cc2c(c3cnccc3n2-c2ccc(CC(Cc3ccc(-n4c5ccccc5c5cnccc54)cc3)(Cc3ccc(-n4c5ccccc5c5cnccc54)cc3)Cc3ccc(-n4c5ccccc5c5cnccc54)cc3)cc2)C1. The van der Waals surface area contributed by atoms with Crippen LogP contribution in [0.3, 0.4) is 0 Å². The molecule has 82 heavy (non-hydrogen) atoms. The molecule has 0 bridgehead atoms. The van der Waals surface area contributed by atoms with Crippen LogP contribution < -0.4 is 0 Å². The molecule has 0 N–H and O–H groups in total. The van der Waals surface area contributed by atoms with Crippen molar-refractivity contribution in [2.75, 3.05) is 0 Å². The van der Waals surface area contributed by atoms with Crippen molar-refractivity contribution in [1.82, 2.24) is 38.2 Å². The van der Waals surface area contributed by atoms with Crippen molar-refractivity contribution in [2.24, 2.45) is 11.3 Å². The monoisotopic (exact) mass is 1060 g/mol. The van der Waals surface area contributed by atoms with E-state index in [-0.39, 0.29) is 5.41 Å². The van der Waals surface area contributed by atoms with Crippen molar-refractivity contribution in [1.29, 1.82) is 0 Å². The molecule has 0 fully saturated rings. The van der Waals surface area contributed by atoms with E-state index in [0.29, 0.717) is 5.92 Å². The fraction of sp³-hybridized carbons (Fsp3) is 0.108. The number of allylic oxidation sites excluding steroid dienone is 1. The van der Waals surface area contributed by atoms with Crippen molar-refractivity contribution in [3.63, 3.8) is 0 Å². The second-order valence-electron chi connectivity index (χ2n) is 22.7. The zero-order valence-corrected chi connectivity index (χ0v) is 45.4. The fourth-order valence-electron chi connectivity index (χ4n) is 14.0. The summed E-state index contributed by atoms with van der Waals surface area (Å²) in [7, 11) is 0. The Kier molecular flexibility index (Phi) is 11.2. The van der Waals surface area contributed by atoms with E-state index in [4.69, 9.17) is 0 Å². The van der Waals surface area contributed by atoms with Crippen LogP contribution in [-0.4, -0.2) is 38.2 Å². The third kappa shape index (κ3) is 7.96. The first-order valence-electron chi connectivity index (χ1n) is 28.5. The Morgan fingerprint density at radius 3 is 1.01 bits per heavy atom. The molecule has 0 spiro atoms. The Bertz CT molecular complexity index is 4420. The molecule has 8 heterocycles. The maximum absolute atomic E-state index is 4.59. The molecule has 8 heteroatoms. The second-order valence-corrected chi connectivity index (χ2v) is 22.7. The van der Waals surface area contributed by atoms with Gasteiger partial charge in [-0.1, -0.05) is 116 Å². The molecule has 16 rings (SSSR count). The van der Waals surface area contributed by atoms with E-state index in [1.807, 2.05) is 49.6 Å². The summed E-state index contributed by atoms with van der Waals surface area (Å²) in [4.78, 5) is 18.2. The standard InChI is InChI=1S/C74H56N8/c1-49-14-31-69-61(40-49)65-48-78-39-35-73(65)82(69)57-29-21-53(22-30-57)44-74(41-50-15-23-54(24-16-50)79-66-11-5-2-8-58(66)62-45-75-36-32-70(62)79,42-51-17-25-55(26-18-51)80-67-12-6-3-9-59(67)63-46-76-37-33-71(63)80)43-52-19-27-56(28-20-52)81-68-13-7-4-10-60(68)64-47-77-38-34-72(64)81/h2-39,45-49H,40-44H2,1H3. The first kappa shape index (κ1) is 47.8. The molecule has 0 aliphatic heterocycles. The molecule has 7 aromatic carbocycles. The molecule has 1 atom stereocenters. The summed E-state index contributed by atoms with van der Waals surface area (Å²) >= 11 is 0. The predicted octanol–water partition coefficient (Wildman–Crippen LogP) is 17.0. The Morgan fingerprint density at radius 1 is 0.341 bits per heavy atom. The summed E-state index contributed by atoms with van der Waals surface area (Å²) in [6.07, 6.45) is 24.7. The zero-order chi connectivity index (χ0) is 54.3. The van der Waals surface area contributed by atoms with Gasteiger partial charge in [-0.25, -0.2) is 0 Å². The third-order valence-electron chi connectivity index (χ3n) is 17.5. The molecule has 8 aromatic heterocycles. The van der Waals surface area contributed by atoms with Crippen LogP contribution >= 0.6 is 0 Å². The highest BCUT2D eigenvalue weighted by atomic mass is 15.0. The quantitative estimate of drug-likeness (QED) is 0.122. The highest BCUT2D eigenvalue weighted by molar-refractivity contribution is 6.10. The van der Waals surface area contributed by atoms with E-state index in [1.54, 1.807) is 0 Å². The minimum Gasteiger partial charge on any atom is -0.309 e. The van der Waals surface area contributed by atoms with E-state index < -0.39 is 0 Å². The van der Waals surface area contributed by atoms with Crippen LogP contribution in [0.1, 0.15) is 40.4 Å². The molecule has 0 saturated heterocycles. The Labute approximate surface area is 474 Å². The van der Waals surface area contributed by atoms with Gasteiger partial charge in [-0.3, -0.25) is 19.9 Å². The highest BCUT2D eigenvalue weighted by Crippen LogP contribution is 2.41. The molecule has 0 amide bonds. The molecular weight excluding hydrogens is 1000 g/mol. The number of hydrogen-bond acceptors (Lipinski definition) is 4. The number of hydrogen-bond donors (Lipinski definition) is 0. The van der Waals surface area contributed by atoms with Gasteiger partial charge in [0.25, 0.3) is 0 Å². The van der Waals surface area contributed by atoms with E-state index in [0.717, 1.165) is 87.6 Å². The number of benzene rings is 7. The normalized spacial score (nSPS) is 13.6. The Balaban J connectivity index is 0.831. The molecule has 15 aromatic rings. The topological polar surface area (TPSA) is 71.3 Å². The Morgan fingerprint density at radius 2 is 0.646 bits per heavy atom. The largest absolute Gasteiger partial charge is 0.309 e. The van der Waals surface area contributed by atoms with Crippen molar-refractivity contribution < 1.29 is 0 Å². The molecule has 0 saturated carbocycles. The lowest BCUT2D eigenvalue weighted by Crippen LogP contribution is -2.32. The summed E-state index contributed by atoms with van der Waals surface area (Å²) < 4.78 is 9.58. The van der Waals surface area contributed by atoms with Crippen LogP contribution in [0.4, 0.5) is 0 Å². The van der Waals surface area contributed by atoms with E-state index >= 15 is 0 Å². The van der Waals surface area contributed by atoms with Crippen LogP contribution in [-0.2, 0) is 32.1 Å². The summed E-state index contributed by atoms with van der Waals surface area (Å²) in [5, 5.41) is 8.31. The van der Waals surface area contributed by atoms with Gasteiger partial charge in [0.1, 0.15) is 0 Å². The molecule has 1 aliphatic carbocycles. The van der Waals surface area contributed by atoms with Gasteiger partial charge in [0.15, 0.2) is 0 Å². The smallest absolute Gasteiger partial charge is 0.0571 e.